The van der Waals surface area contributed by atoms with Gasteiger partial charge in [0, 0.05) is 26.1 Å². The van der Waals surface area contributed by atoms with Crippen LogP contribution < -0.4 is 5.32 Å². The highest BCUT2D eigenvalue weighted by Crippen LogP contribution is 2.16. The van der Waals surface area contributed by atoms with Gasteiger partial charge in [-0.1, -0.05) is 32.1 Å². The lowest BCUT2D eigenvalue weighted by Gasteiger charge is -2.18. The Kier molecular flexibility index (Phi) is 7.27. The highest BCUT2D eigenvalue weighted by molar-refractivity contribution is 7.89. The fourth-order valence-corrected chi connectivity index (χ4v) is 3.53. The molecule has 0 fully saturated rings. The monoisotopic (exact) mass is 324 g/mol. The molecule has 0 radical (unpaired) electrons. The first-order chi connectivity index (χ1) is 10.5. The number of amides is 1. The number of benzene rings is 1. The second-order valence-corrected chi connectivity index (χ2v) is 6.76. The summed E-state index contributed by atoms with van der Waals surface area (Å²) in [4.78, 5) is 11.8. The minimum absolute atomic E-state index is 0.0419. The molecule has 5 nitrogen and oxygen atoms in total. The average Bonchev–Trinajstić information content (AvgIpc) is 2.52. The minimum atomic E-state index is -3.42. The molecule has 0 heterocycles. The summed E-state index contributed by atoms with van der Waals surface area (Å²) >= 11 is 0. The summed E-state index contributed by atoms with van der Waals surface area (Å²) in [5.74, 6) is -0.0419. The Bertz CT molecular complexity index is 590. The van der Waals surface area contributed by atoms with E-state index >= 15 is 0 Å². The van der Waals surface area contributed by atoms with Crippen LogP contribution in [0.25, 0.3) is 0 Å². The molecule has 0 saturated carbocycles. The quantitative estimate of drug-likeness (QED) is 0.706. The molecule has 0 aromatic heterocycles. The summed E-state index contributed by atoms with van der Waals surface area (Å²) in [6, 6.07) is 6.73. The topological polar surface area (TPSA) is 66.5 Å². The number of carbonyl (C=O) groups excluding carboxylic acids is 1. The molecule has 1 aromatic carbocycles. The fourth-order valence-electron chi connectivity index (χ4n) is 2.07. The van der Waals surface area contributed by atoms with Gasteiger partial charge in [-0.15, -0.1) is 6.58 Å². The van der Waals surface area contributed by atoms with Crippen molar-refractivity contribution in [2.45, 2.75) is 31.6 Å². The molecule has 0 aliphatic carbocycles. The predicted molar refractivity (Wildman–Crippen MR) is 88.1 cm³/mol. The third-order valence-corrected chi connectivity index (χ3v) is 5.41. The van der Waals surface area contributed by atoms with E-state index < -0.39 is 10.0 Å². The Morgan fingerprint density at radius 3 is 2.32 bits per heavy atom. The SMILES string of the molecule is C=CCNC(=O)CCc1ccc(S(=O)(=O)N(CC)CC)cc1. The van der Waals surface area contributed by atoms with Gasteiger partial charge in [0.05, 0.1) is 4.90 Å². The number of hydrogen-bond donors (Lipinski definition) is 1. The number of sulfonamides is 1. The van der Waals surface area contributed by atoms with Crippen LogP contribution >= 0.6 is 0 Å². The molecule has 122 valence electrons. The van der Waals surface area contributed by atoms with Gasteiger partial charge in [0.2, 0.25) is 15.9 Å². The molecule has 0 saturated heterocycles. The van der Waals surface area contributed by atoms with Crippen LogP contribution in [0.2, 0.25) is 0 Å². The van der Waals surface area contributed by atoms with Gasteiger partial charge >= 0.3 is 0 Å². The van der Waals surface area contributed by atoms with Crippen molar-refractivity contribution in [3.05, 3.63) is 42.5 Å². The first-order valence-corrected chi connectivity index (χ1v) is 8.86. The van der Waals surface area contributed by atoms with E-state index in [1.165, 1.54) is 4.31 Å². The van der Waals surface area contributed by atoms with Gasteiger partial charge < -0.3 is 5.32 Å². The largest absolute Gasteiger partial charge is 0.353 e. The Morgan fingerprint density at radius 1 is 1.23 bits per heavy atom. The molecule has 0 unspecified atom stereocenters. The maximum Gasteiger partial charge on any atom is 0.243 e. The van der Waals surface area contributed by atoms with Crippen molar-refractivity contribution in [3.63, 3.8) is 0 Å². The van der Waals surface area contributed by atoms with Gasteiger partial charge in [-0.2, -0.15) is 4.31 Å². The van der Waals surface area contributed by atoms with E-state index in [0.29, 0.717) is 32.5 Å². The van der Waals surface area contributed by atoms with E-state index in [9.17, 15) is 13.2 Å². The third-order valence-electron chi connectivity index (χ3n) is 3.35. The summed E-state index contributed by atoms with van der Waals surface area (Å²) in [6.07, 6.45) is 2.58. The van der Waals surface area contributed by atoms with Crippen LogP contribution in [-0.2, 0) is 21.2 Å². The molecule has 1 aromatic rings. The maximum absolute atomic E-state index is 12.3. The van der Waals surface area contributed by atoms with Crippen LogP contribution in [0.5, 0.6) is 0 Å². The van der Waals surface area contributed by atoms with Crippen LogP contribution in [0.1, 0.15) is 25.8 Å². The van der Waals surface area contributed by atoms with Gasteiger partial charge in [0.15, 0.2) is 0 Å². The van der Waals surface area contributed by atoms with E-state index in [1.54, 1.807) is 30.3 Å². The molecule has 22 heavy (non-hydrogen) atoms. The summed E-state index contributed by atoms with van der Waals surface area (Å²) < 4.78 is 26.1. The van der Waals surface area contributed by atoms with Crippen molar-refractivity contribution in [1.82, 2.24) is 9.62 Å². The van der Waals surface area contributed by atoms with Crippen molar-refractivity contribution in [2.75, 3.05) is 19.6 Å². The molecular weight excluding hydrogens is 300 g/mol. The summed E-state index contributed by atoms with van der Waals surface area (Å²) in [7, 11) is -3.42. The summed E-state index contributed by atoms with van der Waals surface area (Å²) in [5, 5.41) is 2.71. The Balaban J connectivity index is 2.71. The van der Waals surface area contributed by atoms with Crippen molar-refractivity contribution in [3.8, 4) is 0 Å². The molecule has 1 rings (SSSR count). The molecule has 0 atom stereocenters. The Morgan fingerprint density at radius 2 is 1.82 bits per heavy atom. The Hall–Kier alpha value is -1.66. The van der Waals surface area contributed by atoms with Crippen LogP contribution in [0.3, 0.4) is 0 Å². The van der Waals surface area contributed by atoms with Crippen molar-refractivity contribution in [2.24, 2.45) is 0 Å². The fraction of sp³-hybridized carbons (Fsp3) is 0.438. The maximum atomic E-state index is 12.3. The smallest absolute Gasteiger partial charge is 0.243 e. The number of aryl methyl sites for hydroxylation is 1. The Labute approximate surface area is 133 Å². The van der Waals surface area contributed by atoms with E-state index in [1.807, 2.05) is 13.8 Å². The first-order valence-electron chi connectivity index (χ1n) is 7.42. The van der Waals surface area contributed by atoms with E-state index in [4.69, 9.17) is 0 Å². The number of carbonyl (C=O) groups is 1. The molecule has 1 N–H and O–H groups in total. The van der Waals surface area contributed by atoms with Gasteiger partial charge in [-0.3, -0.25) is 4.79 Å². The molecule has 1 amide bonds. The molecule has 0 aliphatic rings. The average molecular weight is 324 g/mol. The molecule has 6 heteroatoms. The second-order valence-electron chi connectivity index (χ2n) is 4.83. The van der Waals surface area contributed by atoms with Crippen molar-refractivity contribution in [1.29, 1.82) is 0 Å². The van der Waals surface area contributed by atoms with Gasteiger partial charge in [0.1, 0.15) is 0 Å². The lowest BCUT2D eigenvalue weighted by atomic mass is 10.1. The summed E-state index contributed by atoms with van der Waals surface area (Å²) in [6.45, 7) is 8.52. The van der Waals surface area contributed by atoms with Crippen molar-refractivity contribution < 1.29 is 13.2 Å². The summed E-state index contributed by atoms with van der Waals surface area (Å²) in [5.41, 5.74) is 0.937. The second kappa shape index (κ2) is 8.70. The zero-order valence-corrected chi connectivity index (χ0v) is 14.0. The van der Waals surface area contributed by atoms with E-state index in [0.717, 1.165) is 5.56 Å². The molecule has 0 aliphatic heterocycles. The predicted octanol–water partition coefficient (Wildman–Crippen LogP) is 1.95. The van der Waals surface area contributed by atoms with E-state index in [-0.39, 0.29) is 10.8 Å². The van der Waals surface area contributed by atoms with Crippen LogP contribution in [-0.4, -0.2) is 38.3 Å². The lowest BCUT2D eigenvalue weighted by Crippen LogP contribution is -2.30. The van der Waals surface area contributed by atoms with Gasteiger partial charge in [-0.25, -0.2) is 8.42 Å². The van der Waals surface area contributed by atoms with E-state index in [2.05, 4.69) is 11.9 Å². The highest BCUT2D eigenvalue weighted by Gasteiger charge is 2.21. The number of nitrogens with one attached hydrogen (secondary N) is 1. The lowest BCUT2D eigenvalue weighted by molar-refractivity contribution is -0.120. The molecular formula is C16H24N2O3S. The molecule has 0 spiro atoms. The number of hydrogen-bond acceptors (Lipinski definition) is 3. The first kappa shape index (κ1) is 18.4. The standard InChI is InChI=1S/C16H24N2O3S/c1-4-13-17-16(19)12-9-14-7-10-15(11-8-14)22(20,21)18(5-2)6-3/h4,7-8,10-11H,1,5-6,9,12-13H2,2-3H3,(H,17,19). The highest BCUT2D eigenvalue weighted by atomic mass is 32.2. The third kappa shape index (κ3) is 4.96. The number of rotatable bonds is 9. The normalized spacial score (nSPS) is 11.4. The minimum Gasteiger partial charge on any atom is -0.353 e. The zero-order chi connectivity index (χ0) is 16.6. The van der Waals surface area contributed by atoms with Crippen LogP contribution in [0.15, 0.2) is 41.8 Å². The van der Waals surface area contributed by atoms with Gasteiger partial charge in [0.25, 0.3) is 0 Å². The molecule has 0 bridgehead atoms. The van der Waals surface area contributed by atoms with Crippen LogP contribution in [0, 0.1) is 0 Å². The zero-order valence-electron chi connectivity index (χ0n) is 13.2. The number of nitrogens with zero attached hydrogens (tertiary/aromatic N) is 1. The van der Waals surface area contributed by atoms with Crippen molar-refractivity contribution >= 4 is 15.9 Å². The van der Waals surface area contributed by atoms with Gasteiger partial charge in [-0.05, 0) is 24.1 Å². The van der Waals surface area contributed by atoms with Crippen LogP contribution in [0.4, 0.5) is 0 Å².